The first-order chi connectivity index (χ1) is 9.90. The number of nitrogens with one attached hydrogen (secondary N) is 2. The van der Waals surface area contributed by atoms with Crippen molar-refractivity contribution < 1.29 is 19.8 Å². The second kappa shape index (κ2) is 8.39. The highest BCUT2D eigenvalue weighted by Gasteiger charge is 2.23. The molecule has 2 unspecified atom stereocenters. The van der Waals surface area contributed by atoms with Crippen LogP contribution in [0.15, 0.2) is 24.3 Å². The van der Waals surface area contributed by atoms with Gasteiger partial charge in [-0.1, -0.05) is 29.8 Å². The number of carboxylic acid groups (broad SMARTS) is 1. The van der Waals surface area contributed by atoms with E-state index in [1.807, 2.05) is 19.1 Å². The third-order valence-corrected chi connectivity index (χ3v) is 3.10. The molecule has 21 heavy (non-hydrogen) atoms. The summed E-state index contributed by atoms with van der Waals surface area (Å²) < 4.78 is 0. The van der Waals surface area contributed by atoms with Crippen LogP contribution in [0.25, 0.3) is 0 Å². The van der Waals surface area contributed by atoms with Crippen LogP contribution >= 0.6 is 0 Å². The molecule has 0 aliphatic heterocycles. The monoisotopic (exact) mass is 294 g/mol. The van der Waals surface area contributed by atoms with E-state index in [4.69, 9.17) is 5.11 Å². The Kier molecular flexibility index (Phi) is 6.84. The molecule has 1 aromatic carbocycles. The van der Waals surface area contributed by atoms with Gasteiger partial charge in [0.15, 0.2) is 0 Å². The first-order valence-corrected chi connectivity index (χ1v) is 6.84. The van der Waals surface area contributed by atoms with E-state index in [-0.39, 0.29) is 12.3 Å². The van der Waals surface area contributed by atoms with Crippen molar-refractivity contribution >= 4 is 11.9 Å². The maximum absolute atomic E-state index is 10.9. The van der Waals surface area contributed by atoms with Gasteiger partial charge in [0, 0.05) is 26.1 Å². The van der Waals surface area contributed by atoms with Crippen LogP contribution in [-0.4, -0.2) is 41.2 Å². The molecule has 0 aromatic heterocycles. The van der Waals surface area contributed by atoms with E-state index < -0.39 is 18.1 Å². The van der Waals surface area contributed by atoms with Crippen LogP contribution in [0.2, 0.25) is 0 Å². The molecule has 4 N–H and O–H groups in total. The Morgan fingerprint density at radius 3 is 2.33 bits per heavy atom. The minimum Gasteiger partial charge on any atom is -0.481 e. The zero-order chi connectivity index (χ0) is 15.8. The number of aliphatic hydroxyl groups excluding tert-OH is 1. The Morgan fingerprint density at radius 1 is 1.19 bits per heavy atom. The molecule has 0 saturated heterocycles. The maximum atomic E-state index is 10.9. The van der Waals surface area contributed by atoms with Gasteiger partial charge in [-0.15, -0.1) is 0 Å². The van der Waals surface area contributed by atoms with Crippen molar-refractivity contribution in [3.63, 3.8) is 0 Å². The molecule has 1 rings (SSSR count). The molecule has 2 atom stereocenters. The van der Waals surface area contributed by atoms with Gasteiger partial charge in [0.05, 0.1) is 12.5 Å². The smallest absolute Gasteiger partial charge is 0.305 e. The first-order valence-electron chi connectivity index (χ1n) is 6.84. The number of benzene rings is 1. The summed E-state index contributed by atoms with van der Waals surface area (Å²) in [4.78, 5) is 21.7. The Labute approximate surface area is 124 Å². The summed E-state index contributed by atoms with van der Waals surface area (Å²) in [5.41, 5.74) is 1.73. The fourth-order valence-electron chi connectivity index (χ4n) is 1.98. The Balaban J connectivity index is 2.64. The van der Waals surface area contributed by atoms with Crippen molar-refractivity contribution in [1.82, 2.24) is 10.6 Å². The van der Waals surface area contributed by atoms with Crippen LogP contribution < -0.4 is 10.6 Å². The summed E-state index contributed by atoms with van der Waals surface area (Å²) in [6.45, 7) is 4.12. The minimum absolute atomic E-state index is 0.148. The van der Waals surface area contributed by atoms with Crippen molar-refractivity contribution in [2.45, 2.75) is 32.4 Å². The molecule has 0 heterocycles. The molecule has 1 amide bonds. The maximum Gasteiger partial charge on any atom is 0.305 e. The zero-order valence-electron chi connectivity index (χ0n) is 12.3. The fraction of sp³-hybridized carbons (Fsp3) is 0.467. The highest BCUT2D eigenvalue weighted by Crippen LogP contribution is 2.19. The van der Waals surface area contributed by atoms with Crippen molar-refractivity contribution in [2.24, 2.45) is 0 Å². The molecular weight excluding hydrogens is 272 g/mol. The normalized spacial score (nSPS) is 13.5. The highest BCUT2D eigenvalue weighted by atomic mass is 16.4. The second-order valence-corrected chi connectivity index (χ2v) is 5.00. The lowest BCUT2D eigenvalue weighted by molar-refractivity contribution is -0.138. The molecule has 0 spiro atoms. The minimum atomic E-state index is -0.988. The fourth-order valence-corrected chi connectivity index (χ4v) is 1.98. The molecular formula is C15H22N2O4. The summed E-state index contributed by atoms with van der Waals surface area (Å²) >= 11 is 0. The largest absolute Gasteiger partial charge is 0.481 e. The van der Waals surface area contributed by atoms with Crippen LogP contribution in [0.1, 0.15) is 30.6 Å². The third-order valence-electron chi connectivity index (χ3n) is 3.10. The molecule has 0 aliphatic carbocycles. The molecule has 0 aliphatic rings. The molecule has 116 valence electrons. The first kappa shape index (κ1) is 17.1. The van der Waals surface area contributed by atoms with E-state index in [1.54, 1.807) is 12.1 Å². The van der Waals surface area contributed by atoms with Crippen LogP contribution in [0.3, 0.4) is 0 Å². The Morgan fingerprint density at radius 2 is 1.81 bits per heavy atom. The summed E-state index contributed by atoms with van der Waals surface area (Å²) in [5.74, 6) is -1.14. The lowest BCUT2D eigenvalue weighted by Crippen LogP contribution is -2.41. The number of rotatable bonds is 8. The number of aryl methyl sites for hydroxylation is 1. The van der Waals surface area contributed by atoms with Crippen LogP contribution in [0.4, 0.5) is 0 Å². The van der Waals surface area contributed by atoms with Gasteiger partial charge in [-0.25, -0.2) is 0 Å². The molecule has 0 radical (unpaired) electrons. The second-order valence-electron chi connectivity index (χ2n) is 5.00. The Bertz CT molecular complexity index is 473. The number of carbonyl (C=O) groups is 2. The lowest BCUT2D eigenvalue weighted by Gasteiger charge is -2.23. The van der Waals surface area contributed by atoms with Crippen molar-refractivity contribution in [3.05, 3.63) is 35.4 Å². The number of carbonyl (C=O) groups excluding carboxylic acids is 1. The molecule has 0 saturated carbocycles. The SMILES string of the molecule is CC(=O)NCCNC(CC(=O)O)C(O)c1ccc(C)cc1. The lowest BCUT2D eigenvalue weighted by atomic mass is 9.99. The van der Waals surface area contributed by atoms with E-state index in [0.717, 1.165) is 5.56 Å². The number of aliphatic hydroxyl groups is 1. The predicted molar refractivity (Wildman–Crippen MR) is 78.9 cm³/mol. The highest BCUT2D eigenvalue weighted by molar-refractivity contribution is 5.72. The van der Waals surface area contributed by atoms with Gasteiger partial charge in [0.1, 0.15) is 0 Å². The zero-order valence-corrected chi connectivity index (χ0v) is 12.3. The molecule has 0 fully saturated rings. The van der Waals surface area contributed by atoms with Crippen LogP contribution in [0.5, 0.6) is 0 Å². The predicted octanol–water partition coefficient (Wildman–Crippen LogP) is 0.597. The number of hydrogen-bond donors (Lipinski definition) is 4. The number of amides is 1. The molecule has 1 aromatic rings. The van der Waals surface area contributed by atoms with Gasteiger partial charge < -0.3 is 20.8 Å². The summed E-state index contributed by atoms with van der Waals surface area (Å²) in [7, 11) is 0. The van der Waals surface area contributed by atoms with Gasteiger partial charge in [-0.05, 0) is 12.5 Å². The van der Waals surface area contributed by atoms with Gasteiger partial charge >= 0.3 is 5.97 Å². The topological polar surface area (TPSA) is 98.7 Å². The average Bonchev–Trinajstić information content (AvgIpc) is 2.41. The summed E-state index contributed by atoms with van der Waals surface area (Å²) in [6, 6.07) is 6.69. The van der Waals surface area contributed by atoms with E-state index >= 15 is 0 Å². The van der Waals surface area contributed by atoms with Gasteiger partial charge in [0.25, 0.3) is 0 Å². The van der Waals surface area contributed by atoms with Crippen molar-refractivity contribution in [2.75, 3.05) is 13.1 Å². The summed E-state index contributed by atoms with van der Waals surface area (Å²) in [6.07, 6.45) is -1.12. The van der Waals surface area contributed by atoms with Crippen LogP contribution in [0, 0.1) is 6.92 Å². The third kappa shape index (κ3) is 6.37. The van der Waals surface area contributed by atoms with E-state index in [0.29, 0.717) is 18.7 Å². The van der Waals surface area contributed by atoms with Gasteiger partial charge in [-0.3, -0.25) is 9.59 Å². The molecule has 6 nitrogen and oxygen atoms in total. The number of carboxylic acids is 1. The molecule has 6 heteroatoms. The van der Waals surface area contributed by atoms with Crippen molar-refractivity contribution in [3.8, 4) is 0 Å². The van der Waals surface area contributed by atoms with Crippen molar-refractivity contribution in [1.29, 1.82) is 0 Å². The number of hydrogen-bond acceptors (Lipinski definition) is 4. The van der Waals surface area contributed by atoms with E-state index in [2.05, 4.69) is 10.6 Å². The van der Waals surface area contributed by atoms with E-state index in [9.17, 15) is 14.7 Å². The average molecular weight is 294 g/mol. The Hall–Kier alpha value is -1.92. The van der Waals surface area contributed by atoms with E-state index in [1.165, 1.54) is 6.92 Å². The van der Waals surface area contributed by atoms with Crippen LogP contribution in [-0.2, 0) is 9.59 Å². The number of aliphatic carboxylic acids is 1. The van der Waals surface area contributed by atoms with Gasteiger partial charge in [-0.2, -0.15) is 0 Å². The quantitative estimate of drug-likeness (QED) is 0.526. The summed E-state index contributed by atoms with van der Waals surface area (Å²) in [5, 5.41) is 24.8. The standard InChI is InChI=1S/C15H22N2O4/c1-10-3-5-12(6-4-10)15(21)13(9-14(19)20)17-8-7-16-11(2)18/h3-6,13,15,17,21H,7-9H2,1-2H3,(H,16,18)(H,19,20). The molecule has 0 bridgehead atoms. The van der Waals surface area contributed by atoms with Gasteiger partial charge in [0.2, 0.25) is 5.91 Å².